The van der Waals surface area contributed by atoms with Crippen molar-refractivity contribution in [3.05, 3.63) is 63.6 Å². The molecular weight excluding hydrogens is 290 g/mol. The fraction of sp³-hybridized carbons (Fsp3) is 0.133. The van der Waals surface area contributed by atoms with Crippen molar-refractivity contribution in [1.82, 2.24) is 0 Å². The fourth-order valence-corrected chi connectivity index (χ4v) is 1.98. The second-order valence-corrected chi connectivity index (χ2v) is 5.16. The standard InChI is InChI=1S/C15H14BrNO/c1-10-3-6-12(7-4-10)15(18)17-14-9-11(2)5-8-13(14)16/h3-9H,1-2H3,(H,17,18). The van der Waals surface area contributed by atoms with E-state index in [1.807, 2.05) is 56.3 Å². The van der Waals surface area contributed by atoms with Gasteiger partial charge in [0, 0.05) is 10.0 Å². The number of nitrogens with one attached hydrogen (secondary N) is 1. The van der Waals surface area contributed by atoms with E-state index in [-0.39, 0.29) is 5.91 Å². The van der Waals surface area contributed by atoms with E-state index in [1.54, 1.807) is 0 Å². The lowest BCUT2D eigenvalue weighted by Crippen LogP contribution is -2.12. The van der Waals surface area contributed by atoms with Crippen LogP contribution in [0.5, 0.6) is 0 Å². The molecule has 0 heterocycles. The first-order valence-corrected chi connectivity index (χ1v) is 6.50. The molecule has 3 heteroatoms. The number of halogens is 1. The van der Waals surface area contributed by atoms with Crippen LogP contribution < -0.4 is 5.32 Å². The van der Waals surface area contributed by atoms with Crippen LogP contribution in [0.15, 0.2) is 46.9 Å². The Morgan fingerprint density at radius 3 is 2.28 bits per heavy atom. The fourth-order valence-electron chi connectivity index (χ4n) is 1.63. The summed E-state index contributed by atoms with van der Waals surface area (Å²) in [4.78, 5) is 12.1. The van der Waals surface area contributed by atoms with Crippen LogP contribution in [0.2, 0.25) is 0 Å². The molecule has 0 bridgehead atoms. The van der Waals surface area contributed by atoms with Gasteiger partial charge in [0.25, 0.3) is 5.91 Å². The molecule has 2 rings (SSSR count). The summed E-state index contributed by atoms with van der Waals surface area (Å²) in [7, 11) is 0. The molecule has 1 amide bonds. The van der Waals surface area contributed by atoms with E-state index < -0.39 is 0 Å². The van der Waals surface area contributed by atoms with Gasteiger partial charge in [-0.3, -0.25) is 4.79 Å². The topological polar surface area (TPSA) is 29.1 Å². The number of benzene rings is 2. The van der Waals surface area contributed by atoms with E-state index in [1.165, 1.54) is 0 Å². The molecule has 0 aromatic heterocycles. The second-order valence-electron chi connectivity index (χ2n) is 4.30. The highest BCUT2D eigenvalue weighted by Gasteiger charge is 2.07. The van der Waals surface area contributed by atoms with Gasteiger partial charge in [-0.05, 0) is 59.6 Å². The number of carbonyl (C=O) groups excluding carboxylic acids is 1. The van der Waals surface area contributed by atoms with Gasteiger partial charge in [0.2, 0.25) is 0 Å². The summed E-state index contributed by atoms with van der Waals surface area (Å²) in [6.45, 7) is 3.99. The van der Waals surface area contributed by atoms with Gasteiger partial charge >= 0.3 is 0 Å². The summed E-state index contributed by atoms with van der Waals surface area (Å²) in [5, 5.41) is 2.90. The minimum Gasteiger partial charge on any atom is -0.321 e. The minimum atomic E-state index is -0.0960. The molecule has 2 nitrogen and oxygen atoms in total. The Kier molecular flexibility index (Phi) is 3.82. The van der Waals surface area contributed by atoms with Crippen LogP contribution in [0, 0.1) is 13.8 Å². The zero-order valence-electron chi connectivity index (χ0n) is 10.3. The third-order valence-electron chi connectivity index (χ3n) is 2.68. The molecule has 2 aromatic carbocycles. The smallest absolute Gasteiger partial charge is 0.255 e. The first-order chi connectivity index (χ1) is 8.56. The van der Waals surface area contributed by atoms with Crippen molar-refractivity contribution in [2.75, 3.05) is 5.32 Å². The summed E-state index contributed by atoms with van der Waals surface area (Å²) < 4.78 is 0.883. The number of carbonyl (C=O) groups is 1. The van der Waals surface area contributed by atoms with Crippen LogP contribution in [0.4, 0.5) is 5.69 Å². The van der Waals surface area contributed by atoms with Crippen molar-refractivity contribution < 1.29 is 4.79 Å². The van der Waals surface area contributed by atoms with Crippen molar-refractivity contribution in [3.63, 3.8) is 0 Å². The van der Waals surface area contributed by atoms with Gasteiger partial charge in [-0.1, -0.05) is 23.8 Å². The normalized spacial score (nSPS) is 10.2. The monoisotopic (exact) mass is 303 g/mol. The summed E-state index contributed by atoms with van der Waals surface area (Å²) in [6.07, 6.45) is 0. The van der Waals surface area contributed by atoms with Crippen LogP contribution in [0.1, 0.15) is 21.5 Å². The van der Waals surface area contributed by atoms with E-state index in [4.69, 9.17) is 0 Å². The first kappa shape index (κ1) is 12.8. The van der Waals surface area contributed by atoms with Gasteiger partial charge in [0.05, 0.1) is 5.69 Å². The quantitative estimate of drug-likeness (QED) is 0.879. The minimum absolute atomic E-state index is 0.0960. The third-order valence-corrected chi connectivity index (χ3v) is 3.38. The number of rotatable bonds is 2. The Hall–Kier alpha value is -1.61. The van der Waals surface area contributed by atoms with Gasteiger partial charge in [-0.2, -0.15) is 0 Å². The van der Waals surface area contributed by atoms with Crippen molar-refractivity contribution in [2.45, 2.75) is 13.8 Å². The number of amides is 1. The molecule has 0 unspecified atom stereocenters. The highest BCUT2D eigenvalue weighted by Crippen LogP contribution is 2.23. The van der Waals surface area contributed by atoms with Crippen LogP contribution >= 0.6 is 15.9 Å². The van der Waals surface area contributed by atoms with Crippen molar-refractivity contribution in [1.29, 1.82) is 0 Å². The molecule has 0 saturated carbocycles. The SMILES string of the molecule is Cc1ccc(C(=O)Nc2cc(C)ccc2Br)cc1. The van der Waals surface area contributed by atoms with Gasteiger partial charge in [-0.15, -0.1) is 0 Å². The molecule has 0 spiro atoms. The van der Waals surface area contributed by atoms with E-state index >= 15 is 0 Å². The molecule has 0 aliphatic carbocycles. The molecule has 2 aromatic rings. The molecule has 18 heavy (non-hydrogen) atoms. The summed E-state index contributed by atoms with van der Waals surface area (Å²) >= 11 is 3.43. The molecule has 0 fully saturated rings. The van der Waals surface area contributed by atoms with Crippen LogP contribution in [-0.4, -0.2) is 5.91 Å². The largest absolute Gasteiger partial charge is 0.321 e. The predicted octanol–water partition coefficient (Wildman–Crippen LogP) is 4.32. The molecule has 92 valence electrons. The summed E-state index contributed by atoms with van der Waals surface area (Å²) in [5.74, 6) is -0.0960. The van der Waals surface area contributed by atoms with Crippen LogP contribution in [-0.2, 0) is 0 Å². The molecule has 0 radical (unpaired) electrons. The Morgan fingerprint density at radius 1 is 1.00 bits per heavy atom. The zero-order chi connectivity index (χ0) is 13.1. The van der Waals surface area contributed by atoms with E-state index in [9.17, 15) is 4.79 Å². The first-order valence-electron chi connectivity index (χ1n) is 5.70. The van der Waals surface area contributed by atoms with E-state index in [2.05, 4.69) is 21.2 Å². The Bertz CT molecular complexity index is 576. The van der Waals surface area contributed by atoms with Crippen LogP contribution in [0.3, 0.4) is 0 Å². The Labute approximate surface area is 115 Å². The Balaban J connectivity index is 2.21. The average molecular weight is 304 g/mol. The number of anilines is 1. The molecule has 1 N–H and O–H groups in total. The van der Waals surface area contributed by atoms with E-state index in [0.717, 1.165) is 21.3 Å². The van der Waals surface area contributed by atoms with Gasteiger partial charge in [0.1, 0.15) is 0 Å². The van der Waals surface area contributed by atoms with Crippen molar-refractivity contribution in [3.8, 4) is 0 Å². The zero-order valence-corrected chi connectivity index (χ0v) is 11.9. The molecule has 0 aliphatic heterocycles. The molecule has 0 atom stereocenters. The van der Waals surface area contributed by atoms with E-state index in [0.29, 0.717) is 5.56 Å². The predicted molar refractivity (Wildman–Crippen MR) is 78.0 cm³/mol. The third kappa shape index (κ3) is 2.99. The van der Waals surface area contributed by atoms with Crippen molar-refractivity contribution >= 4 is 27.5 Å². The maximum absolute atomic E-state index is 12.1. The lowest BCUT2D eigenvalue weighted by atomic mass is 10.1. The van der Waals surface area contributed by atoms with Gasteiger partial charge < -0.3 is 5.32 Å². The summed E-state index contributed by atoms with van der Waals surface area (Å²) in [6, 6.07) is 13.4. The molecule has 0 aliphatic rings. The van der Waals surface area contributed by atoms with Crippen LogP contribution in [0.25, 0.3) is 0 Å². The lowest BCUT2D eigenvalue weighted by molar-refractivity contribution is 0.102. The second kappa shape index (κ2) is 5.36. The molecular formula is C15H14BrNO. The highest BCUT2D eigenvalue weighted by molar-refractivity contribution is 9.10. The lowest BCUT2D eigenvalue weighted by Gasteiger charge is -2.08. The number of hydrogen-bond acceptors (Lipinski definition) is 1. The maximum Gasteiger partial charge on any atom is 0.255 e. The average Bonchev–Trinajstić information content (AvgIpc) is 2.34. The highest BCUT2D eigenvalue weighted by atomic mass is 79.9. The van der Waals surface area contributed by atoms with Crippen molar-refractivity contribution in [2.24, 2.45) is 0 Å². The number of aryl methyl sites for hydroxylation is 2. The van der Waals surface area contributed by atoms with Gasteiger partial charge in [0.15, 0.2) is 0 Å². The Morgan fingerprint density at radius 2 is 1.61 bits per heavy atom. The number of hydrogen-bond donors (Lipinski definition) is 1. The van der Waals surface area contributed by atoms with Gasteiger partial charge in [-0.25, -0.2) is 0 Å². The maximum atomic E-state index is 12.1. The summed E-state index contributed by atoms with van der Waals surface area (Å²) in [5.41, 5.74) is 3.70. The molecule has 0 saturated heterocycles.